The van der Waals surface area contributed by atoms with Crippen molar-refractivity contribution in [2.24, 2.45) is 0 Å². The Morgan fingerprint density at radius 3 is 2.76 bits per heavy atom. The minimum atomic E-state index is -0.178. The lowest BCUT2D eigenvalue weighted by Gasteiger charge is -2.22. The third kappa shape index (κ3) is 3.53. The fraction of sp³-hybridized carbons (Fsp3) is 0.267. The summed E-state index contributed by atoms with van der Waals surface area (Å²) in [6.07, 6.45) is 0. The van der Waals surface area contributed by atoms with Crippen LogP contribution in [-0.2, 0) is 6.54 Å². The molecule has 0 aliphatic rings. The van der Waals surface area contributed by atoms with Gasteiger partial charge in [0.15, 0.2) is 0 Å². The third-order valence-electron chi connectivity index (χ3n) is 3.10. The van der Waals surface area contributed by atoms with Crippen molar-refractivity contribution in [2.75, 3.05) is 26.0 Å². The highest BCUT2D eigenvalue weighted by molar-refractivity contribution is 7.12. The molecule has 1 aromatic heterocycles. The van der Waals surface area contributed by atoms with Crippen molar-refractivity contribution < 1.29 is 14.6 Å². The number of amides is 1. The second-order valence-corrected chi connectivity index (χ2v) is 5.38. The van der Waals surface area contributed by atoms with Crippen LogP contribution in [0.1, 0.15) is 15.2 Å². The minimum absolute atomic E-state index is 0.105. The quantitative estimate of drug-likeness (QED) is 0.855. The molecule has 5 nitrogen and oxygen atoms in total. The normalized spacial score (nSPS) is 10.4. The van der Waals surface area contributed by atoms with Gasteiger partial charge in [-0.2, -0.15) is 0 Å². The number of carbonyl (C=O) groups excluding carboxylic acids is 1. The van der Waals surface area contributed by atoms with Gasteiger partial charge in [0.1, 0.15) is 10.6 Å². The van der Waals surface area contributed by atoms with E-state index >= 15 is 0 Å². The summed E-state index contributed by atoms with van der Waals surface area (Å²) >= 11 is 1.30. The Morgan fingerprint density at radius 1 is 1.38 bits per heavy atom. The van der Waals surface area contributed by atoms with Gasteiger partial charge in [0, 0.05) is 18.7 Å². The van der Waals surface area contributed by atoms with Crippen LogP contribution in [0.5, 0.6) is 5.75 Å². The number of rotatable bonds is 6. The van der Waals surface area contributed by atoms with E-state index in [9.17, 15) is 9.90 Å². The number of para-hydroxylation sites is 1. The number of aliphatic hydroxyl groups is 1. The number of carbonyl (C=O) groups is 1. The Bertz CT molecular complexity index is 612. The molecule has 0 atom stereocenters. The highest BCUT2D eigenvalue weighted by Crippen LogP contribution is 2.24. The maximum absolute atomic E-state index is 12.5. The summed E-state index contributed by atoms with van der Waals surface area (Å²) in [6.45, 7) is 0.501. The van der Waals surface area contributed by atoms with Crippen molar-refractivity contribution >= 4 is 22.9 Å². The van der Waals surface area contributed by atoms with Crippen molar-refractivity contribution in [3.8, 4) is 5.75 Å². The fourth-order valence-corrected chi connectivity index (χ4v) is 2.83. The molecular weight excluding hydrogens is 288 g/mol. The van der Waals surface area contributed by atoms with Gasteiger partial charge in [-0.25, -0.2) is 0 Å². The highest BCUT2D eigenvalue weighted by atomic mass is 32.1. The van der Waals surface area contributed by atoms with Crippen LogP contribution >= 0.6 is 11.3 Å². The number of aliphatic hydroxyl groups excluding tert-OH is 1. The first kappa shape index (κ1) is 15.3. The average Bonchev–Trinajstić information content (AvgIpc) is 2.92. The van der Waals surface area contributed by atoms with Crippen molar-refractivity contribution in [1.82, 2.24) is 4.90 Å². The van der Waals surface area contributed by atoms with Crippen LogP contribution in [0.25, 0.3) is 0 Å². The number of nitrogen functional groups attached to an aromatic ring is 1. The number of hydrogen-bond donors (Lipinski definition) is 2. The summed E-state index contributed by atoms with van der Waals surface area (Å²) in [5.74, 6) is 0.537. The Morgan fingerprint density at radius 2 is 2.14 bits per heavy atom. The van der Waals surface area contributed by atoms with E-state index in [1.165, 1.54) is 11.3 Å². The van der Waals surface area contributed by atoms with Crippen LogP contribution < -0.4 is 10.5 Å². The summed E-state index contributed by atoms with van der Waals surface area (Å²) in [6, 6.07) is 9.21. The average molecular weight is 306 g/mol. The van der Waals surface area contributed by atoms with Crippen LogP contribution in [0.3, 0.4) is 0 Å². The van der Waals surface area contributed by atoms with Crippen molar-refractivity contribution in [3.63, 3.8) is 0 Å². The van der Waals surface area contributed by atoms with E-state index in [0.717, 1.165) is 5.56 Å². The third-order valence-corrected chi connectivity index (χ3v) is 4.02. The van der Waals surface area contributed by atoms with Gasteiger partial charge in [0.25, 0.3) is 5.91 Å². The molecule has 0 fully saturated rings. The predicted molar refractivity (Wildman–Crippen MR) is 83.6 cm³/mol. The van der Waals surface area contributed by atoms with E-state index in [1.54, 1.807) is 23.5 Å². The second-order valence-electron chi connectivity index (χ2n) is 4.47. The number of ether oxygens (including phenoxy) is 1. The van der Waals surface area contributed by atoms with Crippen molar-refractivity contribution in [1.29, 1.82) is 0 Å². The zero-order valence-electron chi connectivity index (χ0n) is 11.8. The summed E-state index contributed by atoms with van der Waals surface area (Å²) in [4.78, 5) is 14.6. The molecule has 2 aromatic rings. The number of nitrogens with two attached hydrogens (primary N) is 1. The molecule has 0 saturated carbocycles. The zero-order valence-corrected chi connectivity index (χ0v) is 12.6. The molecule has 0 radical (unpaired) electrons. The van der Waals surface area contributed by atoms with E-state index in [4.69, 9.17) is 10.5 Å². The fourth-order valence-electron chi connectivity index (χ4n) is 2.05. The molecule has 2 rings (SSSR count). The van der Waals surface area contributed by atoms with Gasteiger partial charge >= 0.3 is 0 Å². The number of methoxy groups -OCH3 is 1. The number of benzene rings is 1. The molecular formula is C15H18N2O3S. The molecule has 0 saturated heterocycles. The van der Waals surface area contributed by atoms with Crippen molar-refractivity contribution in [3.05, 3.63) is 46.2 Å². The number of thiophene rings is 1. The number of anilines is 1. The van der Waals surface area contributed by atoms with Crippen molar-refractivity contribution in [2.45, 2.75) is 6.54 Å². The van der Waals surface area contributed by atoms with E-state index in [1.807, 2.05) is 24.3 Å². The van der Waals surface area contributed by atoms with E-state index in [0.29, 0.717) is 22.9 Å². The summed E-state index contributed by atoms with van der Waals surface area (Å²) in [5.41, 5.74) is 7.15. The van der Waals surface area contributed by atoms with Crippen LogP contribution in [0.2, 0.25) is 0 Å². The van der Waals surface area contributed by atoms with Gasteiger partial charge in [-0.05, 0) is 17.5 Å². The van der Waals surface area contributed by atoms with Gasteiger partial charge in [-0.3, -0.25) is 4.79 Å². The van der Waals surface area contributed by atoms with Crippen LogP contribution in [0, 0.1) is 0 Å². The Hall–Kier alpha value is -2.05. The number of nitrogens with zero attached hydrogens (tertiary/aromatic N) is 1. The topological polar surface area (TPSA) is 75.8 Å². The summed E-state index contributed by atoms with van der Waals surface area (Å²) in [7, 11) is 1.59. The minimum Gasteiger partial charge on any atom is -0.496 e. The largest absolute Gasteiger partial charge is 0.496 e. The molecule has 0 bridgehead atoms. The lowest BCUT2D eigenvalue weighted by molar-refractivity contribution is 0.0712. The van der Waals surface area contributed by atoms with Crippen LogP contribution in [-0.4, -0.2) is 36.2 Å². The predicted octanol–water partition coefficient (Wildman–Crippen LogP) is 1.97. The van der Waals surface area contributed by atoms with Gasteiger partial charge in [0.05, 0.1) is 19.4 Å². The summed E-state index contributed by atoms with van der Waals surface area (Å²) < 4.78 is 5.30. The Labute approximate surface area is 127 Å². The smallest absolute Gasteiger partial charge is 0.266 e. The molecule has 6 heteroatoms. The van der Waals surface area contributed by atoms with E-state index in [-0.39, 0.29) is 19.1 Å². The Kier molecular flexibility index (Phi) is 5.19. The molecule has 21 heavy (non-hydrogen) atoms. The molecule has 1 amide bonds. The standard InChI is InChI=1S/C15H18N2O3S/c1-20-13-5-3-2-4-11(13)10-17(7-8-18)15(19)14-12(16)6-9-21-14/h2-6,9,18H,7-8,10,16H2,1H3. The lowest BCUT2D eigenvalue weighted by Crippen LogP contribution is -2.33. The molecule has 0 aliphatic heterocycles. The Balaban J connectivity index is 2.23. The van der Waals surface area contributed by atoms with Gasteiger partial charge < -0.3 is 20.5 Å². The molecule has 0 aliphatic carbocycles. The SMILES string of the molecule is COc1ccccc1CN(CCO)C(=O)c1sccc1N. The monoisotopic (exact) mass is 306 g/mol. The van der Waals surface area contributed by atoms with E-state index in [2.05, 4.69) is 0 Å². The molecule has 1 aromatic carbocycles. The van der Waals surface area contributed by atoms with Crippen LogP contribution in [0.4, 0.5) is 5.69 Å². The van der Waals surface area contributed by atoms with Gasteiger partial charge in [0.2, 0.25) is 0 Å². The highest BCUT2D eigenvalue weighted by Gasteiger charge is 2.20. The molecule has 0 spiro atoms. The first-order valence-electron chi connectivity index (χ1n) is 6.52. The van der Waals surface area contributed by atoms with E-state index < -0.39 is 0 Å². The number of hydrogen-bond acceptors (Lipinski definition) is 5. The van der Waals surface area contributed by atoms with Gasteiger partial charge in [-0.15, -0.1) is 11.3 Å². The zero-order chi connectivity index (χ0) is 15.2. The first-order chi connectivity index (χ1) is 10.2. The molecule has 1 heterocycles. The second kappa shape index (κ2) is 7.10. The molecule has 3 N–H and O–H groups in total. The first-order valence-corrected chi connectivity index (χ1v) is 7.40. The maximum Gasteiger partial charge on any atom is 0.266 e. The molecule has 112 valence electrons. The molecule has 0 unspecified atom stereocenters. The van der Waals surface area contributed by atoms with Crippen LogP contribution in [0.15, 0.2) is 35.7 Å². The lowest BCUT2D eigenvalue weighted by atomic mass is 10.2. The maximum atomic E-state index is 12.5. The summed E-state index contributed by atoms with van der Waals surface area (Å²) in [5, 5.41) is 11.0. The van der Waals surface area contributed by atoms with Gasteiger partial charge in [-0.1, -0.05) is 18.2 Å².